The molecule has 0 unspecified atom stereocenters. The molecule has 0 spiro atoms. The lowest BCUT2D eigenvalue weighted by Crippen LogP contribution is -2.45. The molecule has 3 rings (SSSR count). The SMILES string of the molecule is Cc1ccnc(Oc2ccc(N3C=CN(CCNC(=O)[C@@H](N)CCNC(=N)N)C3)c(F)c2F)n1. The minimum absolute atomic E-state index is 0.0396. The summed E-state index contributed by atoms with van der Waals surface area (Å²) in [5.74, 6) is -3.03. The van der Waals surface area contributed by atoms with E-state index in [2.05, 4.69) is 20.6 Å². The molecule has 1 aromatic heterocycles. The van der Waals surface area contributed by atoms with Gasteiger partial charge in [0.2, 0.25) is 11.7 Å². The molecular weight excluding hydrogens is 448 g/mol. The van der Waals surface area contributed by atoms with Crippen molar-refractivity contribution >= 4 is 17.6 Å². The highest BCUT2D eigenvalue weighted by Gasteiger charge is 2.22. The lowest BCUT2D eigenvalue weighted by molar-refractivity contribution is -0.122. The van der Waals surface area contributed by atoms with Gasteiger partial charge in [0.15, 0.2) is 17.5 Å². The number of carbonyl (C=O) groups excluding carboxylic acids is 1. The van der Waals surface area contributed by atoms with Crippen molar-refractivity contribution in [2.24, 2.45) is 11.5 Å². The molecule has 34 heavy (non-hydrogen) atoms. The number of benzene rings is 1. The number of guanidine groups is 1. The van der Waals surface area contributed by atoms with E-state index in [0.29, 0.717) is 31.7 Å². The van der Waals surface area contributed by atoms with Gasteiger partial charge in [-0.2, -0.15) is 4.39 Å². The Hall–Kier alpha value is -4.00. The lowest BCUT2D eigenvalue weighted by atomic mass is 10.2. The third-order valence-corrected chi connectivity index (χ3v) is 4.91. The fraction of sp³-hybridized carbons (Fsp3) is 0.333. The highest BCUT2D eigenvalue weighted by atomic mass is 19.2. The van der Waals surface area contributed by atoms with Gasteiger partial charge in [0, 0.05) is 43.9 Å². The molecule has 7 N–H and O–H groups in total. The van der Waals surface area contributed by atoms with Crippen molar-refractivity contribution in [3.8, 4) is 11.8 Å². The van der Waals surface area contributed by atoms with E-state index in [0.717, 1.165) is 0 Å². The molecule has 2 heterocycles. The maximum atomic E-state index is 14.7. The summed E-state index contributed by atoms with van der Waals surface area (Å²) in [6, 6.07) is 3.58. The van der Waals surface area contributed by atoms with Crippen LogP contribution < -0.4 is 31.7 Å². The molecule has 0 bridgehead atoms. The number of anilines is 1. The zero-order chi connectivity index (χ0) is 24.7. The Kier molecular flexibility index (Phi) is 8.14. The van der Waals surface area contributed by atoms with Gasteiger partial charge in [-0.05, 0) is 31.5 Å². The summed E-state index contributed by atoms with van der Waals surface area (Å²) in [6.45, 7) is 3.06. The standard InChI is InChI=1S/C21H27F2N9O2/c1-13-4-6-29-21(30-13)34-16-3-2-15(17(22)18(16)23)32-11-10-31(12-32)9-8-27-19(33)14(24)5-7-28-20(25)26/h2-4,6,10-11,14H,5,7-9,12,24H2,1H3,(H,27,33)(H4,25,26,28)/t14-/m0/s1. The van der Waals surface area contributed by atoms with Gasteiger partial charge in [0.1, 0.15) is 0 Å². The van der Waals surface area contributed by atoms with Crippen LogP contribution in [-0.4, -0.2) is 59.1 Å². The maximum absolute atomic E-state index is 14.7. The molecule has 1 aromatic carbocycles. The Morgan fingerprint density at radius 1 is 1.24 bits per heavy atom. The van der Waals surface area contributed by atoms with Crippen LogP contribution in [0.25, 0.3) is 0 Å². The first-order valence-electron chi connectivity index (χ1n) is 10.5. The van der Waals surface area contributed by atoms with Crippen molar-refractivity contribution in [3.05, 3.63) is 54.1 Å². The number of ether oxygens (including phenoxy) is 1. The van der Waals surface area contributed by atoms with E-state index in [4.69, 9.17) is 21.6 Å². The van der Waals surface area contributed by atoms with Gasteiger partial charge in [-0.15, -0.1) is 0 Å². The first-order valence-corrected chi connectivity index (χ1v) is 10.5. The third-order valence-electron chi connectivity index (χ3n) is 4.91. The number of aromatic nitrogens is 2. The molecule has 0 radical (unpaired) electrons. The summed E-state index contributed by atoms with van der Waals surface area (Å²) in [4.78, 5) is 23.3. The number of hydrogen-bond acceptors (Lipinski definition) is 8. The van der Waals surface area contributed by atoms with Crippen molar-refractivity contribution in [2.75, 3.05) is 31.2 Å². The molecule has 2 aromatic rings. The first kappa shape index (κ1) is 24.6. The van der Waals surface area contributed by atoms with Crippen molar-refractivity contribution in [3.63, 3.8) is 0 Å². The van der Waals surface area contributed by atoms with Gasteiger partial charge in [-0.25, -0.2) is 14.4 Å². The van der Waals surface area contributed by atoms with Crippen LogP contribution in [-0.2, 0) is 4.79 Å². The molecule has 11 nitrogen and oxygen atoms in total. The molecule has 1 amide bonds. The van der Waals surface area contributed by atoms with Crippen molar-refractivity contribution in [1.82, 2.24) is 25.5 Å². The molecule has 1 aliphatic rings. The van der Waals surface area contributed by atoms with Crippen LogP contribution in [0.5, 0.6) is 11.8 Å². The number of amides is 1. The van der Waals surface area contributed by atoms with E-state index in [1.165, 1.54) is 23.2 Å². The zero-order valence-corrected chi connectivity index (χ0v) is 18.6. The van der Waals surface area contributed by atoms with E-state index in [9.17, 15) is 13.6 Å². The number of halogens is 2. The monoisotopic (exact) mass is 475 g/mol. The van der Waals surface area contributed by atoms with Crippen LogP contribution >= 0.6 is 0 Å². The highest BCUT2D eigenvalue weighted by molar-refractivity contribution is 5.81. The minimum Gasteiger partial charge on any atom is -0.421 e. The summed E-state index contributed by atoms with van der Waals surface area (Å²) in [7, 11) is 0. The number of nitrogens with zero attached hydrogens (tertiary/aromatic N) is 4. The Balaban J connectivity index is 1.49. The number of rotatable bonds is 10. The highest BCUT2D eigenvalue weighted by Crippen LogP contribution is 2.31. The van der Waals surface area contributed by atoms with Gasteiger partial charge >= 0.3 is 6.01 Å². The van der Waals surface area contributed by atoms with Crippen LogP contribution in [0.4, 0.5) is 14.5 Å². The molecule has 1 atom stereocenters. The molecule has 0 saturated heterocycles. The second kappa shape index (κ2) is 11.2. The fourth-order valence-corrected chi connectivity index (χ4v) is 3.11. The Bertz CT molecular complexity index is 1070. The summed E-state index contributed by atoms with van der Waals surface area (Å²) in [5, 5.41) is 12.4. The van der Waals surface area contributed by atoms with Crippen LogP contribution in [0.3, 0.4) is 0 Å². The number of nitrogens with two attached hydrogens (primary N) is 2. The Labute approximate surface area is 195 Å². The second-order valence-electron chi connectivity index (χ2n) is 7.54. The van der Waals surface area contributed by atoms with E-state index in [-0.39, 0.29) is 36.0 Å². The largest absolute Gasteiger partial charge is 0.421 e. The van der Waals surface area contributed by atoms with E-state index in [1.807, 2.05) is 4.90 Å². The Morgan fingerprint density at radius 2 is 2.03 bits per heavy atom. The van der Waals surface area contributed by atoms with Gasteiger partial charge in [0.05, 0.1) is 18.4 Å². The average Bonchev–Trinajstić information content (AvgIpc) is 3.25. The normalized spacial score (nSPS) is 13.6. The third kappa shape index (κ3) is 6.51. The average molecular weight is 476 g/mol. The maximum Gasteiger partial charge on any atom is 0.322 e. The van der Waals surface area contributed by atoms with Crippen LogP contribution in [0.1, 0.15) is 12.1 Å². The van der Waals surface area contributed by atoms with Gasteiger partial charge < -0.3 is 36.6 Å². The molecule has 182 valence electrons. The van der Waals surface area contributed by atoms with Crippen LogP contribution in [0, 0.1) is 24.0 Å². The van der Waals surface area contributed by atoms with Crippen molar-refractivity contribution in [1.29, 1.82) is 5.41 Å². The van der Waals surface area contributed by atoms with Crippen molar-refractivity contribution in [2.45, 2.75) is 19.4 Å². The molecule has 13 heteroatoms. The van der Waals surface area contributed by atoms with Crippen LogP contribution in [0.2, 0.25) is 0 Å². The predicted octanol–water partition coefficient (Wildman–Crippen LogP) is 0.723. The molecule has 0 aliphatic carbocycles. The summed E-state index contributed by atoms with van der Waals surface area (Å²) in [6.07, 6.45) is 5.11. The molecule has 1 aliphatic heterocycles. The Morgan fingerprint density at radius 3 is 2.76 bits per heavy atom. The zero-order valence-electron chi connectivity index (χ0n) is 18.6. The molecule has 0 fully saturated rings. The quantitative estimate of drug-likeness (QED) is 0.247. The van der Waals surface area contributed by atoms with E-state index >= 15 is 0 Å². The molecule has 0 saturated carbocycles. The predicted molar refractivity (Wildman–Crippen MR) is 122 cm³/mol. The summed E-state index contributed by atoms with van der Waals surface area (Å²) in [5.41, 5.74) is 11.7. The van der Waals surface area contributed by atoms with E-state index in [1.54, 1.807) is 25.4 Å². The fourth-order valence-electron chi connectivity index (χ4n) is 3.11. The summed E-state index contributed by atoms with van der Waals surface area (Å²) >= 11 is 0. The van der Waals surface area contributed by atoms with Crippen LogP contribution in [0.15, 0.2) is 36.8 Å². The smallest absolute Gasteiger partial charge is 0.322 e. The van der Waals surface area contributed by atoms with E-state index < -0.39 is 17.7 Å². The van der Waals surface area contributed by atoms with Crippen molar-refractivity contribution < 1.29 is 18.3 Å². The number of hydrogen-bond donors (Lipinski definition) is 5. The second-order valence-corrected chi connectivity index (χ2v) is 7.54. The van der Waals surface area contributed by atoms with Gasteiger partial charge in [-0.1, -0.05) is 0 Å². The number of nitrogens with one attached hydrogen (secondary N) is 3. The number of aryl methyl sites for hydroxylation is 1. The number of carbonyl (C=O) groups is 1. The lowest BCUT2D eigenvalue weighted by Gasteiger charge is -2.22. The first-order chi connectivity index (χ1) is 16.2. The van der Waals surface area contributed by atoms with Gasteiger partial charge in [-0.3, -0.25) is 10.2 Å². The minimum atomic E-state index is -1.14. The van der Waals surface area contributed by atoms with Gasteiger partial charge in [0.25, 0.3) is 0 Å². The molecular formula is C21H27F2N9O2. The summed E-state index contributed by atoms with van der Waals surface area (Å²) < 4.78 is 34.6. The topological polar surface area (TPSA) is 159 Å².